The van der Waals surface area contributed by atoms with E-state index < -0.39 is 0 Å². The third-order valence-electron chi connectivity index (χ3n) is 2.70. The molecule has 1 atom stereocenters. The van der Waals surface area contributed by atoms with Crippen LogP contribution < -0.4 is 9.47 Å². The lowest BCUT2D eigenvalue weighted by molar-refractivity contribution is 0.174. The number of aromatic nitrogens is 2. The van der Waals surface area contributed by atoms with E-state index in [0.29, 0.717) is 17.5 Å². The highest BCUT2D eigenvalue weighted by Crippen LogP contribution is 2.35. The fraction of sp³-hybridized carbons (Fsp3) is 0.333. The van der Waals surface area contributed by atoms with Crippen molar-refractivity contribution < 1.29 is 14.0 Å². The number of fused-ring (bicyclic) bond motifs is 1. The van der Waals surface area contributed by atoms with E-state index in [0.717, 1.165) is 17.7 Å². The zero-order chi connectivity index (χ0) is 12.5. The van der Waals surface area contributed by atoms with Gasteiger partial charge < -0.3 is 14.0 Å². The molecule has 0 radical (unpaired) electrons. The van der Waals surface area contributed by atoms with E-state index in [1.807, 2.05) is 25.1 Å². The average molecular weight is 267 g/mol. The number of nitrogens with zero attached hydrogens (tertiary/aromatic N) is 2. The Morgan fingerprint density at radius 2 is 2.17 bits per heavy atom. The monoisotopic (exact) mass is 266 g/mol. The maximum atomic E-state index is 6.06. The van der Waals surface area contributed by atoms with Crippen molar-refractivity contribution in [2.75, 3.05) is 6.79 Å². The zero-order valence-corrected chi connectivity index (χ0v) is 10.5. The standard InChI is InChI=1S/C12H11ClN2O3/c1-2-8(13)11-14-12(18-15-11)7-3-4-9-10(5-7)17-6-16-9/h3-5,8H,2,6H2,1H3. The van der Waals surface area contributed by atoms with Gasteiger partial charge >= 0.3 is 0 Å². The van der Waals surface area contributed by atoms with Gasteiger partial charge in [-0.2, -0.15) is 4.98 Å². The second-order valence-corrected chi connectivity index (χ2v) is 4.43. The molecule has 1 aromatic heterocycles. The summed E-state index contributed by atoms with van der Waals surface area (Å²) in [5.41, 5.74) is 0.790. The van der Waals surface area contributed by atoms with Crippen molar-refractivity contribution in [3.8, 4) is 23.0 Å². The van der Waals surface area contributed by atoms with Gasteiger partial charge in [0.15, 0.2) is 17.3 Å². The Labute approximate surface area is 109 Å². The molecule has 0 N–H and O–H groups in total. The first-order chi connectivity index (χ1) is 8.78. The predicted octanol–water partition coefficient (Wildman–Crippen LogP) is 3.16. The Morgan fingerprint density at radius 3 is 3.00 bits per heavy atom. The summed E-state index contributed by atoms with van der Waals surface area (Å²) in [7, 11) is 0. The fourth-order valence-corrected chi connectivity index (χ4v) is 1.78. The van der Waals surface area contributed by atoms with Crippen LogP contribution >= 0.6 is 11.6 Å². The lowest BCUT2D eigenvalue weighted by atomic mass is 10.2. The molecule has 2 heterocycles. The Balaban J connectivity index is 1.92. The lowest BCUT2D eigenvalue weighted by Crippen LogP contribution is -1.92. The molecule has 0 spiro atoms. The largest absolute Gasteiger partial charge is 0.454 e. The molecule has 94 valence electrons. The van der Waals surface area contributed by atoms with Gasteiger partial charge in [0, 0.05) is 5.56 Å². The van der Waals surface area contributed by atoms with Crippen molar-refractivity contribution in [3.63, 3.8) is 0 Å². The van der Waals surface area contributed by atoms with Gasteiger partial charge in [0.25, 0.3) is 5.89 Å². The lowest BCUT2D eigenvalue weighted by Gasteiger charge is -1.98. The van der Waals surface area contributed by atoms with Crippen molar-refractivity contribution in [3.05, 3.63) is 24.0 Å². The van der Waals surface area contributed by atoms with Gasteiger partial charge in [-0.05, 0) is 24.6 Å². The molecule has 0 aliphatic carbocycles. The third-order valence-corrected chi connectivity index (χ3v) is 3.20. The Bertz CT molecular complexity index is 570. The summed E-state index contributed by atoms with van der Waals surface area (Å²) in [6, 6.07) is 5.48. The number of halogens is 1. The highest BCUT2D eigenvalue weighted by atomic mass is 35.5. The minimum absolute atomic E-state index is 0.225. The van der Waals surface area contributed by atoms with Gasteiger partial charge in [0.2, 0.25) is 6.79 Å². The van der Waals surface area contributed by atoms with Crippen LogP contribution in [0.4, 0.5) is 0 Å². The van der Waals surface area contributed by atoms with Crippen LogP contribution in [0.25, 0.3) is 11.5 Å². The summed E-state index contributed by atoms with van der Waals surface area (Å²) in [5.74, 6) is 2.35. The third kappa shape index (κ3) is 1.90. The van der Waals surface area contributed by atoms with Crippen LogP contribution in [0.1, 0.15) is 24.5 Å². The van der Waals surface area contributed by atoms with Crippen LogP contribution in [0.5, 0.6) is 11.5 Å². The first-order valence-corrected chi connectivity index (χ1v) is 6.09. The molecule has 0 fully saturated rings. The molecule has 0 saturated heterocycles. The summed E-state index contributed by atoms with van der Waals surface area (Å²) < 4.78 is 15.7. The molecule has 0 saturated carbocycles. The minimum Gasteiger partial charge on any atom is -0.454 e. The zero-order valence-electron chi connectivity index (χ0n) is 9.72. The topological polar surface area (TPSA) is 57.4 Å². The number of rotatable bonds is 3. The number of hydrogen-bond acceptors (Lipinski definition) is 5. The minimum atomic E-state index is -0.225. The summed E-state index contributed by atoms with van der Waals surface area (Å²) in [6.07, 6.45) is 0.752. The maximum Gasteiger partial charge on any atom is 0.258 e. The first kappa shape index (κ1) is 11.3. The maximum absolute atomic E-state index is 6.06. The highest BCUT2D eigenvalue weighted by molar-refractivity contribution is 6.20. The van der Waals surface area contributed by atoms with Crippen LogP contribution in [0, 0.1) is 0 Å². The highest BCUT2D eigenvalue weighted by Gasteiger charge is 2.18. The van der Waals surface area contributed by atoms with Gasteiger partial charge in [0.1, 0.15) is 0 Å². The fourth-order valence-electron chi connectivity index (χ4n) is 1.69. The van der Waals surface area contributed by atoms with Crippen molar-refractivity contribution in [1.82, 2.24) is 10.1 Å². The van der Waals surface area contributed by atoms with Crippen molar-refractivity contribution in [2.24, 2.45) is 0 Å². The summed E-state index contributed by atoms with van der Waals surface area (Å²) in [4.78, 5) is 4.27. The van der Waals surface area contributed by atoms with Gasteiger partial charge in [-0.1, -0.05) is 12.1 Å². The van der Waals surface area contributed by atoms with E-state index in [4.69, 9.17) is 25.6 Å². The van der Waals surface area contributed by atoms with Crippen molar-refractivity contribution >= 4 is 11.6 Å². The molecule has 2 aromatic rings. The first-order valence-electron chi connectivity index (χ1n) is 5.65. The van der Waals surface area contributed by atoms with E-state index in [-0.39, 0.29) is 12.2 Å². The van der Waals surface area contributed by atoms with E-state index >= 15 is 0 Å². The number of ether oxygens (including phenoxy) is 2. The van der Waals surface area contributed by atoms with E-state index in [9.17, 15) is 0 Å². The summed E-state index contributed by atoms with van der Waals surface area (Å²) in [5, 5.41) is 3.64. The average Bonchev–Trinajstić information content (AvgIpc) is 3.05. The smallest absolute Gasteiger partial charge is 0.258 e. The van der Waals surface area contributed by atoms with Gasteiger partial charge in [0.05, 0.1) is 5.38 Å². The molecule has 1 aromatic carbocycles. The summed E-state index contributed by atoms with van der Waals surface area (Å²) in [6.45, 7) is 2.21. The molecule has 1 aliphatic rings. The van der Waals surface area contributed by atoms with E-state index in [1.54, 1.807) is 0 Å². The van der Waals surface area contributed by atoms with Crippen LogP contribution in [0.3, 0.4) is 0 Å². The molecular formula is C12H11ClN2O3. The molecule has 0 bridgehead atoms. The van der Waals surface area contributed by atoms with Crippen LogP contribution in [-0.4, -0.2) is 16.9 Å². The molecule has 3 rings (SSSR count). The summed E-state index contributed by atoms with van der Waals surface area (Å²) >= 11 is 6.06. The molecule has 0 amide bonds. The van der Waals surface area contributed by atoms with E-state index in [2.05, 4.69) is 10.1 Å². The van der Waals surface area contributed by atoms with Crippen molar-refractivity contribution in [2.45, 2.75) is 18.7 Å². The quantitative estimate of drug-likeness (QED) is 0.799. The molecule has 6 heteroatoms. The molecule has 1 aliphatic heterocycles. The Hall–Kier alpha value is -1.75. The molecule has 1 unspecified atom stereocenters. The van der Waals surface area contributed by atoms with Gasteiger partial charge in [-0.3, -0.25) is 0 Å². The van der Waals surface area contributed by atoms with Gasteiger partial charge in [-0.25, -0.2) is 0 Å². The van der Waals surface area contributed by atoms with Crippen LogP contribution in [0.15, 0.2) is 22.7 Å². The van der Waals surface area contributed by atoms with E-state index in [1.165, 1.54) is 0 Å². The Kier molecular flexibility index (Phi) is 2.83. The normalized spacial score (nSPS) is 14.8. The molecular weight excluding hydrogens is 256 g/mol. The molecule has 18 heavy (non-hydrogen) atoms. The van der Waals surface area contributed by atoms with Crippen molar-refractivity contribution in [1.29, 1.82) is 0 Å². The Morgan fingerprint density at radius 1 is 1.33 bits per heavy atom. The predicted molar refractivity (Wildman–Crippen MR) is 64.7 cm³/mol. The molecule has 5 nitrogen and oxygen atoms in total. The second-order valence-electron chi connectivity index (χ2n) is 3.90. The van der Waals surface area contributed by atoms with Crippen LogP contribution in [-0.2, 0) is 0 Å². The second kappa shape index (κ2) is 4.49. The van der Waals surface area contributed by atoms with Gasteiger partial charge in [-0.15, -0.1) is 11.6 Å². The SMILES string of the molecule is CCC(Cl)c1noc(-c2ccc3c(c2)OCO3)n1. The number of hydrogen-bond donors (Lipinski definition) is 0. The number of benzene rings is 1. The van der Waals surface area contributed by atoms with Crippen LogP contribution in [0.2, 0.25) is 0 Å². The number of alkyl halides is 1.